The number of amides is 2. The van der Waals surface area contributed by atoms with Gasteiger partial charge in [0, 0.05) is 35.6 Å². The minimum Gasteiger partial charge on any atom is -0.350 e. The molecule has 0 aromatic heterocycles. The van der Waals surface area contributed by atoms with Crippen molar-refractivity contribution in [1.82, 2.24) is 14.9 Å². The number of carbonyl (C=O) groups is 2. The number of hydrogen-bond acceptors (Lipinski definition) is 4. The minimum atomic E-state index is -3.56. The molecule has 1 atom stereocenters. The van der Waals surface area contributed by atoms with Gasteiger partial charge in [-0.1, -0.05) is 102 Å². The van der Waals surface area contributed by atoms with Crippen molar-refractivity contribution in [2.24, 2.45) is 0 Å². The molecular formula is C34H33Cl2N3O4S. The van der Waals surface area contributed by atoms with Crippen LogP contribution in [-0.4, -0.2) is 31.2 Å². The fourth-order valence-corrected chi connectivity index (χ4v) is 6.65. The largest absolute Gasteiger partial charge is 0.350 e. The second-order valence-electron chi connectivity index (χ2n) is 10.8. The highest BCUT2D eigenvalue weighted by molar-refractivity contribution is 7.89. The van der Waals surface area contributed by atoms with Crippen molar-refractivity contribution in [3.63, 3.8) is 0 Å². The number of rotatable bonds is 13. The van der Waals surface area contributed by atoms with E-state index in [2.05, 4.69) is 10.0 Å². The SMILES string of the molecule is O=C(NCc1ccc(Cl)cc1Cl)C(c1ccccc1)N(Cc1ccccc1)C(=O)CCc1ccc(S(=O)(=O)NC2CC2)cc1. The Bertz CT molecular complexity index is 1700. The fraction of sp³-hybridized carbons (Fsp3) is 0.235. The van der Waals surface area contributed by atoms with Crippen LogP contribution in [0.3, 0.4) is 0 Å². The Labute approximate surface area is 268 Å². The van der Waals surface area contributed by atoms with Crippen molar-refractivity contribution >= 4 is 45.0 Å². The lowest BCUT2D eigenvalue weighted by atomic mass is 10.0. The van der Waals surface area contributed by atoms with Crippen molar-refractivity contribution in [2.75, 3.05) is 0 Å². The molecule has 0 bridgehead atoms. The van der Waals surface area contributed by atoms with Crippen LogP contribution in [-0.2, 0) is 39.1 Å². The third-order valence-corrected chi connectivity index (χ3v) is 9.54. The molecule has 228 valence electrons. The molecule has 1 saturated carbocycles. The maximum absolute atomic E-state index is 14.0. The maximum Gasteiger partial charge on any atom is 0.247 e. The van der Waals surface area contributed by atoms with Crippen molar-refractivity contribution in [2.45, 2.75) is 55.8 Å². The van der Waals surface area contributed by atoms with Crippen LogP contribution in [0.5, 0.6) is 0 Å². The zero-order chi connectivity index (χ0) is 31.1. The summed E-state index contributed by atoms with van der Waals surface area (Å²) in [5.74, 6) is -0.557. The quantitative estimate of drug-likeness (QED) is 0.174. The number of sulfonamides is 1. The summed E-state index contributed by atoms with van der Waals surface area (Å²) in [7, 11) is -3.56. The van der Waals surface area contributed by atoms with Gasteiger partial charge in [0.15, 0.2) is 0 Å². The van der Waals surface area contributed by atoms with E-state index in [-0.39, 0.29) is 42.3 Å². The van der Waals surface area contributed by atoms with E-state index in [0.29, 0.717) is 27.6 Å². The Kier molecular flexibility index (Phi) is 10.4. The highest BCUT2D eigenvalue weighted by atomic mass is 35.5. The van der Waals surface area contributed by atoms with Gasteiger partial charge >= 0.3 is 0 Å². The van der Waals surface area contributed by atoms with Crippen LogP contribution < -0.4 is 10.0 Å². The van der Waals surface area contributed by atoms with Crippen LogP contribution in [0.1, 0.15) is 47.6 Å². The summed E-state index contributed by atoms with van der Waals surface area (Å²) in [6, 6.07) is 29.5. The molecule has 0 saturated heterocycles. The van der Waals surface area contributed by atoms with Gasteiger partial charge in [0.25, 0.3) is 0 Å². The predicted octanol–water partition coefficient (Wildman–Crippen LogP) is 6.45. The Hall–Kier alpha value is -3.69. The van der Waals surface area contributed by atoms with Crippen LogP contribution in [0.4, 0.5) is 0 Å². The molecule has 7 nitrogen and oxygen atoms in total. The normalized spacial score (nSPS) is 13.7. The minimum absolute atomic E-state index is 0.0193. The van der Waals surface area contributed by atoms with Gasteiger partial charge < -0.3 is 10.2 Å². The molecule has 5 rings (SSSR count). The average Bonchev–Trinajstić information content (AvgIpc) is 3.84. The fourth-order valence-electron chi connectivity index (χ4n) is 4.87. The van der Waals surface area contributed by atoms with E-state index in [0.717, 1.165) is 24.0 Å². The lowest BCUT2D eigenvalue weighted by Crippen LogP contribution is -2.43. The number of nitrogens with one attached hydrogen (secondary N) is 2. The van der Waals surface area contributed by atoms with Crippen LogP contribution in [0.25, 0.3) is 0 Å². The maximum atomic E-state index is 14.0. The summed E-state index contributed by atoms with van der Waals surface area (Å²) in [5, 5.41) is 3.90. The van der Waals surface area contributed by atoms with Crippen molar-refractivity contribution in [1.29, 1.82) is 0 Å². The zero-order valence-electron chi connectivity index (χ0n) is 24.0. The predicted molar refractivity (Wildman–Crippen MR) is 173 cm³/mol. The highest BCUT2D eigenvalue weighted by Gasteiger charge is 2.32. The molecule has 1 unspecified atom stereocenters. The Morgan fingerprint density at radius 3 is 2.14 bits per heavy atom. The highest BCUT2D eigenvalue weighted by Crippen LogP contribution is 2.27. The van der Waals surface area contributed by atoms with E-state index in [1.165, 1.54) is 0 Å². The first-order valence-corrected chi connectivity index (χ1v) is 16.6. The van der Waals surface area contributed by atoms with Gasteiger partial charge in [0.05, 0.1) is 4.90 Å². The molecule has 2 N–H and O–H groups in total. The van der Waals surface area contributed by atoms with Crippen LogP contribution in [0.2, 0.25) is 10.0 Å². The molecule has 1 aliphatic rings. The third-order valence-electron chi connectivity index (χ3n) is 7.42. The second kappa shape index (κ2) is 14.4. The number of halogens is 2. The summed E-state index contributed by atoms with van der Waals surface area (Å²) >= 11 is 12.4. The van der Waals surface area contributed by atoms with Gasteiger partial charge in [-0.25, -0.2) is 13.1 Å². The summed E-state index contributed by atoms with van der Waals surface area (Å²) < 4.78 is 27.8. The van der Waals surface area contributed by atoms with Crippen molar-refractivity contribution in [3.8, 4) is 0 Å². The molecule has 1 aliphatic carbocycles. The van der Waals surface area contributed by atoms with Gasteiger partial charge in [-0.05, 0) is 65.8 Å². The second-order valence-corrected chi connectivity index (χ2v) is 13.4. The standard InChI is InChI=1S/C34H33Cl2N3O4S/c35-28-15-14-27(31(36)21-28)22-37-34(41)33(26-9-5-2-6-10-26)39(23-25-7-3-1-4-8-25)32(40)20-13-24-11-18-30(19-12-24)44(42,43)38-29-16-17-29/h1-12,14-15,18-19,21,29,33,38H,13,16-17,20,22-23H2,(H,37,41). The van der Waals surface area contributed by atoms with Gasteiger partial charge in [0.1, 0.15) is 6.04 Å². The van der Waals surface area contributed by atoms with Crippen molar-refractivity contribution in [3.05, 3.63) is 135 Å². The number of carbonyl (C=O) groups excluding carboxylic acids is 2. The Balaban J connectivity index is 1.36. The lowest BCUT2D eigenvalue weighted by Gasteiger charge is -2.32. The molecule has 0 heterocycles. The van der Waals surface area contributed by atoms with E-state index in [1.54, 1.807) is 47.4 Å². The molecule has 0 aliphatic heterocycles. The summed E-state index contributed by atoms with van der Waals surface area (Å²) in [5.41, 5.74) is 3.08. The van der Waals surface area contributed by atoms with Crippen molar-refractivity contribution < 1.29 is 18.0 Å². The first-order chi connectivity index (χ1) is 21.2. The van der Waals surface area contributed by atoms with Crippen LogP contribution in [0.15, 0.2) is 108 Å². The first-order valence-electron chi connectivity index (χ1n) is 14.4. The van der Waals surface area contributed by atoms with E-state index in [9.17, 15) is 18.0 Å². The first kappa shape index (κ1) is 31.7. The van der Waals surface area contributed by atoms with E-state index >= 15 is 0 Å². The zero-order valence-corrected chi connectivity index (χ0v) is 26.3. The molecular weight excluding hydrogens is 617 g/mol. The molecule has 2 amide bonds. The lowest BCUT2D eigenvalue weighted by molar-refractivity contribution is -0.141. The van der Waals surface area contributed by atoms with Crippen LogP contribution >= 0.6 is 23.2 Å². The monoisotopic (exact) mass is 649 g/mol. The van der Waals surface area contributed by atoms with E-state index < -0.39 is 16.1 Å². The molecule has 1 fully saturated rings. The van der Waals surface area contributed by atoms with E-state index in [4.69, 9.17) is 23.2 Å². The van der Waals surface area contributed by atoms with E-state index in [1.807, 2.05) is 60.7 Å². The third kappa shape index (κ3) is 8.48. The van der Waals surface area contributed by atoms with Gasteiger partial charge in [-0.3, -0.25) is 9.59 Å². The molecule has 4 aromatic rings. The van der Waals surface area contributed by atoms with Crippen LogP contribution in [0, 0.1) is 0 Å². The van der Waals surface area contributed by atoms with Gasteiger partial charge in [0.2, 0.25) is 21.8 Å². The number of hydrogen-bond donors (Lipinski definition) is 2. The smallest absolute Gasteiger partial charge is 0.247 e. The number of nitrogens with zero attached hydrogens (tertiary/aromatic N) is 1. The molecule has 0 spiro atoms. The molecule has 10 heteroatoms. The number of aryl methyl sites for hydroxylation is 1. The number of benzene rings is 4. The summed E-state index contributed by atoms with van der Waals surface area (Å²) in [4.78, 5) is 29.6. The van der Waals surface area contributed by atoms with Gasteiger partial charge in [-0.2, -0.15) is 0 Å². The Morgan fingerprint density at radius 2 is 1.50 bits per heavy atom. The average molecular weight is 651 g/mol. The van der Waals surface area contributed by atoms with Gasteiger partial charge in [-0.15, -0.1) is 0 Å². The summed E-state index contributed by atoms with van der Waals surface area (Å²) in [6.45, 7) is 0.384. The summed E-state index contributed by atoms with van der Waals surface area (Å²) in [6.07, 6.45) is 2.22. The topological polar surface area (TPSA) is 95.6 Å². The molecule has 0 radical (unpaired) electrons. The molecule has 4 aromatic carbocycles. The Morgan fingerprint density at radius 1 is 0.841 bits per heavy atom. The molecule has 44 heavy (non-hydrogen) atoms.